The topological polar surface area (TPSA) is 47.3 Å². The monoisotopic (exact) mass is 380 g/mol. The van der Waals surface area contributed by atoms with Crippen molar-refractivity contribution in [1.82, 2.24) is 9.55 Å². The number of hydrogen-bond acceptors (Lipinski definition) is 3. The number of rotatable bonds is 8. The molecule has 0 unspecified atom stereocenters. The minimum Gasteiger partial charge on any atom is -0.493 e. The molecule has 1 heterocycles. The fourth-order valence-electron chi connectivity index (χ4n) is 3.60. The number of aromatic nitrogens is 2. The number of ether oxygens (including phenoxy) is 1. The normalized spacial score (nSPS) is 11.5. The van der Waals surface area contributed by atoms with E-state index in [-0.39, 0.29) is 6.61 Å². The van der Waals surface area contributed by atoms with Crippen molar-refractivity contribution in [3.63, 3.8) is 0 Å². The van der Waals surface area contributed by atoms with Gasteiger partial charge >= 0.3 is 0 Å². The second-order valence-corrected chi connectivity index (χ2v) is 8.01. The number of nitrogens with zero attached hydrogens (tertiary/aromatic N) is 2. The Labute approximate surface area is 168 Å². The summed E-state index contributed by atoms with van der Waals surface area (Å²) in [6.45, 7) is 12.2. The van der Waals surface area contributed by atoms with Gasteiger partial charge in [0, 0.05) is 6.54 Å². The van der Waals surface area contributed by atoms with Crippen LogP contribution in [0.25, 0.3) is 11.0 Å². The molecule has 4 nitrogen and oxygen atoms in total. The molecule has 0 atom stereocenters. The van der Waals surface area contributed by atoms with Crippen LogP contribution in [0.4, 0.5) is 0 Å². The van der Waals surface area contributed by atoms with Crippen molar-refractivity contribution in [3.05, 3.63) is 58.4 Å². The van der Waals surface area contributed by atoms with Gasteiger partial charge < -0.3 is 14.4 Å². The van der Waals surface area contributed by atoms with E-state index < -0.39 is 0 Å². The van der Waals surface area contributed by atoms with Crippen molar-refractivity contribution >= 4 is 11.0 Å². The molecule has 0 spiro atoms. The molecule has 1 N–H and O–H groups in total. The van der Waals surface area contributed by atoms with Crippen LogP contribution in [0, 0.1) is 20.8 Å². The number of imidazole rings is 1. The lowest BCUT2D eigenvalue weighted by Crippen LogP contribution is -2.07. The largest absolute Gasteiger partial charge is 0.493 e. The predicted molar refractivity (Wildman–Crippen MR) is 115 cm³/mol. The Morgan fingerprint density at radius 1 is 1.04 bits per heavy atom. The van der Waals surface area contributed by atoms with Gasteiger partial charge in [-0.2, -0.15) is 0 Å². The van der Waals surface area contributed by atoms with E-state index in [4.69, 9.17) is 4.74 Å². The summed E-state index contributed by atoms with van der Waals surface area (Å²) in [5.41, 5.74) is 7.04. The van der Waals surface area contributed by atoms with Gasteiger partial charge in [-0.05, 0) is 80.0 Å². The quantitative estimate of drug-likeness (QED) is 0.530. The van der Waals surface area contributed by atoms with Crippen LogP contribution in [-0.2, 0) is 13.2 Å². The summed E-state index contributed by atoms with van der Waals surface area (Å²) in [7, 11) is 0. The molecule has 0 bridgehead atoms. The molecule has 0 aliphatic heterocycles. The third-order valence-electron chi connectivity index (χ3n) is 5.41. The molecule has 3 rings (SSSR count). The van der Waals surface area contributed by atoms with Crippen LogP contribution < -0.4 is 4.74 Å². The highest BCUT2D eigenvalue weighted by atomic mass is 16.5. The lowest BCUT2D eigenvalue weighted by molar-refractivity contribution is 0.263. The number of aliphatic hydroxyl groups is 1. The highest BCUT2D eigenvalue weighted by Crippen LogP contribution is 2.28. The lowest BCUT2D eigenvalue weighted by Gasteiger charge is -2.15. The van der Waals surface area contributed by atoms with E-state index in [2.05, 4.69) is 74.5 Å². The smallest absolute Gasteiger partial charge is 0.135 e. The summed E-state index contributed by atoms with van der Waals surface area (Å²) < 4.78 is 8.25. The van der Waals surface area contributed by atoms with Gasteiger partial charge in [0.15, 0.2) is 0 Å². The number of aliphatic hydroxyl groups excluding tert-OH is 1. The SMILES string of the molecule is Cc1ccc(C(C)C)c(OCCCCn2c(CO)nc3cc(C)c(C)cc32)c1. The summed E-state index contributed by atoms with van der Waals surface area (Å²) >= 11 is 0. The summed E-state index contributed by atoms with van der Waals surface area (Å²) in [4.78, 5) is 4.60. The average Bonchev–Trinajstić information content (AvgIpc) is 2.98. The maximum atomic E-state index is 9.71. The zero-order valence-electron chi connectivity index (χ0n) is 17.7. The molecular weight excluding hydrogens is 348 g/mol. The number of fused-ring (bicyclic) bond motifs is 1. The van der Waals surface area contributed by atoms with Crippen molar-refractivity contribution < 1.29 is 9.84 Å². The molecule has 1 aromatic heterocycles. The van der Waals surface area contributed by atoms with Gasteiger partial charge in [-0.1, -0.05) is 26.0 Å². The van der Waals surface area contributed by atoms with Crippen LogP contribution in [0.3, 0.4) is 0 Å². The van der Waals surface area contributed by atoms with Gasteiger partial charge in [0.1, 0.15) is 18.2 Å². The van der Waals surface area contributed by atoms with Gasteiger partial charge in [-0.15, -0.1) is 0 Å². The summed E-state index contributed by atoms with van der Waals surface area (Å²) in [5.74, 6) is 2.19. The third-order valence-corrected chi connectivity index (χ3v) is 5.41. The predicted octanol–water partition coefficient (Wildman–Crippen LogP) is 5.44. The maximum absolute atomic E-state index is 9.71. The van der Waals surface area contributed by atoms with Gasteiger partial charge in [0.25, 0.3) is 0 Å². The van der Waals surface area contributed by atoms with Gasteiger partial charge in [0.05, 0.1) is 17.6 Å². The molecule has 0 fully saturated rings. The molecule has 150 valence electrons. The molecule has 0 aliphatic carbocycles. The number of aryl methyl sites for hydroxylation is 4. The molecule has 0 saturated heterocycles. The first-order valence-electron chi connectivity index (χ1n) is 10.2. The molecule has 4 heteroatoms. The number of benzene rings is 2. The van der Waals surface area contributed by atoms with Gasteiger partial charge in [-0.3, -0.25) is 0 Å². The van der Waals surface area contributed by atoms with Crippen LogP contribution in [0.1, 0.15) is 60.7 Å². The van der Waals surface area contributed by atoms with E-state index >= 15 is 0 Å². The van der Waals surface area contributed by atoms with Crippen molar-refractivity contribution in [2.75, 3.05) is 6.61 Å². The van der Waals surface area contributed by atoms with Crippen LogP contribution in [0.2, 0.25) is 0 Å². The Balaban J connectivity index is 1.63. The summed E-state index contributed by atoms with van der Waals surface area (Å²) in [6, 6.07) is 10.7. The van der Waals surface area contributed by atoms with Gasteiger partial charge in [-0.25, -0.2) is 4.98 Å². The zero-order chi connectivity index (χ0) is 20.3. The number of hydrogen-bond donors (Lipinski definition) is 1. The van der Waals surface area contributed by atoms with E-state index in [0.29, 0.717) is 12.5 Å². The van der Waals surface area contributed by atoms with Crippen molar-refractivity contribution in [2.45, 2.75) is 66.5 Å². The second kappa shape index (κ2) is 8.78. The van der Waals surface area contributed by atoms with E-state index in [1.807, 2.05) is 0 Å². The minimum atomic E-state index is -0.0374. The molecule has 0 amide bonds. The molecule has 28 heavy (non-hydrogen) atoms. The molecule has 0 aliphatic rings. The summed E-state index contributed by atoms with van der Waals surface area (Å²) in [5, 5.41) is 9.71. The minimum absolute atomic E-state index is 0.0374. The zero-order valence-corrected chi connectivity index (χ0v) is 17.7. The van der Waals surface area contributed by atoms with Crippen molar-refractivity contribution in [3.8, 4) is 5.75 Å². The highest BCUT2D eigenvalue weighted by Gasteiger charge is 2.12. The Bertz CT molecular complexity index is 957. The fraction of sp³-hybridized carbons (Fsp3) is 0.458. The van der Waals surface area contributed by atoms with Crippen molar-refractivity contribution in [2.24, 2.45) is 0 Å². The van der Waals surface area contributed by atoms with Crippen LogP contribution in [0.5, 0.6) is 5.75 Å². The number of unbranched alkanes of at least 4 members (excludes halogenated alkanes) is 1. The Kier molecular flexibility index (Phi) is 6.40. The first kappa shape index (κ1) is 20.4. The summed E-state index contributed by atoms with van der Waals surface area (Å²) in [6.07, 6.45) is 1.94. The van der Waals surface area contributed by atoms with E-state index in [9.17, 15) is 5.11 Å². The average molecular weight is 381 g/mol. The van der Waals surface area contributed by atoms with Crippen LogP contribution >= 0.6 is 0 Å². The lowest BCUT2D eigenvalue weighted by atomic mass is 10.0. The fourth-order valence-corrected chi connectivity index (χ4v) is 3.60. The second-order valence-electron chi connectivity index (χ2n) is 8.01. The van der Waals surface area contributed by atoms with Crippen molar-refractivity contribution in [1.29, 1.82) is 0 Å². The Morgan fingerprint density at radius 3 is 2.50 bits per heavy atom. The molecular formula is C24H32N2O2. The molecule has 0 radical (unpaired) electrons. The van der Waals surface area contributed by atoms with Crippen LogP contribution in [0.15, 0.2) is 30.3 Å². The Hall–Kier alpha value is -2.33. The van der Waals surface area contributed by atoms with E-state index in [1.165, 1.54) is 22.3 Å². The Morgan fingerprint density at radius 2 is 1.79 bits per heavy atom. The first-order valence-corrected chi connectivity index (χ1v) is 10.2. The third kappa shape index (κ3) is 4.39. The molecule has 3 aromatic rings. The molecule has 0 saturated carbocycles. The molecule has 2 aromatic carbocycles. The van der Waals surface area contributed by atoms with E-state index in [0.717, 1.165) is 42.0 Å². The highest BCUT2D eigenvalue weighted by molar-refractivity contribution is 5.78. The van der Waals surface area contributed by atoms with Crippen LogP contribution in [-0.4, -0.2) is 21.3 Å². The van der Waals surface area contributed by atoms with E-state index in [1.54, 1.807) is 0 Å². The van der Waals surface area contributed by atoms with Gasteiger partial charge in [0.2, 0.25) is 0 Å². The first-order chi connectivity index (χ1) is 13.4. The maximum Gasteiger partial charge on any atom is 0.135 e. The standard InChI is InChI=1S/C24H32N2O2/c1-16(2)20-9-8-17(3)12-23(20)28-11-7-6-10-26-22-14-19(5)18(4)13-21(22)25-24(26)15-27/h8-9,12-14,16,27H,6-7,10-11,15H2,1-5H3.